The zero-order valence-electron chi connectivity index (χ0n) is 23.1. The normalized spacial score (nSPS) is 19.5. The molecule has 9 nitrogen and oxygen atoms in total. The lowest BCUT2D eigenvalue weighted by molar-refractivity contribution is -0.134. The van der Waals surface area contributed by atoms with E-state index in [0.29, 0.717) is 43.3 Å². The van der Waals surface area contributed by atoms with E-state index >= 15 is 0 Å². The highest BCUT2D eigenvalue weighted by atomic mass is 16.5. The molecular weight excluding hydrogens is 478 g/mol. The molecule has 0 radical (unpaired) electrons. The number of nitrogens with zero attached hydrogens (tertiary/aromatic N) is 1. The number of likely N-dealkylation sites (N-methyl/N-ethyl adjacent to an activating group) is 1. The van der Waals surface area contributed by atoms with Crippen molar-refractivity contribution in [1.82, 2.24) is 4.90 Å². The fourth-order valence-electron chi connectivity index (χ4n) is 4.30. The number of carboxylic acids is 2. The van der Waals surface area contributed by atoms with Crippen LogP contribution in [0.25, 0.3) is 0 Å². The maximum atomic E-state index is 9.55. The van der Waals surface area contributed by atoms with E-state index in [0.717, 1.165) is 42.7 Å². The summed E-state index contributed by atoms with van der Waals surface area (Å²) in [7, 11) is 5.43. The molecule has 1 saturated carbocycles. The molecule has 1 aromatic carbocycles. The van der Waals surface area contributed by atoms with Crippen molar-refractivity contribution >= 4 is 11.9 Å². The van der Waals surface area contributed by atoms with Gasteiger partial charge in [0.25, 0.3) is 0 Å². The number of ether oxygens (including phenoxy) is 4. The molecule has 9 heteroatoms. The predicted molar refractivity (Wildman–Crippen MR) is 142 cm³/mol. The second-order valence-electron chi connectivity index (χ2n) is 9.79. The van der Waals surface area contributed by atoms with E-state index in [9.17, 15) is 9.59 Å². The fraction of sp³-hybridized carbons (Fsp3) is 0.643. The van der Waals surface area contributed by atoms with Gasteiger partial charge in [-0.25, -0.2) is 9.59 Å². The summed E-state index contributed by atoms with van der Waals surface area (Å²) in [6, 6.07) is 5.89. The van der Waals surface area contributed by atoms with Crippen LogP contribution < -0.4 is 9.47 Å². The molecule has 1 aliphatic carbocycles. The van der Waals surface area contributed by atoms with Crippen molar-refractivity contribution in [3.8, 4) is 11.5 Å². The van der Waals surface area contributed by atoms with Gasteiger partial charge in [0.1, 0.15) is 0 Å². The number of rotatable bonds is 14. The number of methoxy groups -OCH3 is 2. The average Bonchev–Trinajstić information content (AvgIpc) is 2.85. The molecule has 2 N–H and O–H groups in total. The lowest BCUT2D eigenvalue weighted by Gasteiger charge is -2.37. The van der Waals surface area contributed by atoms with E-state index in [2.05, 4.69) is 32.7 Å². The van der Waals surface area contributed by atoms with Gasteiger partial charge >= 0.3 is 11.9 Å². The van der Waals surface area contributed by atoms with Crippen molar-refractivity contribution < 1.29 is 38.7 Å². The van der Waals surface area contributed by atoms with Crippen molar-refractivity contribution in [3.05, 3.63) is 35.9 Å². The number of carboxylic acid groups (broad SMARTS) is 2. The fourth-order valence-corrected chi connectivity index (χ4v) is 4.30. The number of carbonyl (C=O) groups is 2. The van der Waals surface area contributed by atoms with E-state index in [4.69, 9.17) is 29.2 Å². The summed E-state index contributed by atoms with van der Waals surface area (Å²) in [5, 5.41) is 15.6. The van der Waals surface area contributed by atoms with E-state index < -0.39 is 11.9 Å². The first-order valence-corrected chi connectivity index (χ1v) is 12.8. The van der Waals surface area contributed by atoms with E-state index in [1.165, 1.54) is 19.3 Å². The molecule has 0 unspecified atom stereocenters. The number of benzene rings is 1. The van der Waals surface area contributed by atoms with Gasteiger partial charge in [-0.2, -0.15) is 0 Å². The van der Waals surface area contributed by atoms with Crippen LogP contribution in [0.5, 0.6) is 11.5 Å². The smallest absolute Gasteiger partial charge is 0.328 e. The Labute approximate surface area is 221 Å². The molecule has 0 aromatic heterocycles. The molecule has 0 amide bonds. The van der Waals surface area contributed by atoms with Gasteiger partial charge in [0.2, 0.25) is 0 Å². The summed E-state index contributed by atoms with van der Waals surface area (Å²) < 4.78 is 22.8. The van der Waals surface area contributed by atoms with Crippen LogP contribution in [0.2, 0.25) is 0 Å². The summed E-state index contributed by atoms with van der Waals surface area (Å²) in [6.45, 7) is 10.9. The van der Waals surface area contributed by atoms with Crippen LogP contribution >= 0.6 is 0 Å². The molecular formula is C28H45NO8. The summed E-state index contributed by atoms with van der Waals surface area (Å²) >= 11 is 0. The van der Waals surface area contributed by atoms with Gasteiger partial charge in [0.05, 0.1) is 40.1 Å². The van der Waals surface area contributed by atoms with Gasteiger partial charge in [-0.3, -0.25) is 0 Å². The second-order valence-corrected chi connectivity index (χ2v) is 9.79. The van der Waals surface area contributed by atoms with E-state index in [1.807, 2.05) is 18.2 Å². The van der Waals surface area contributed by atoms with Crippen molar-refractivity contribution in [2.75, 3.05) is 47.6 Å². The van der Waals surface area contributed by atoms with E-state index in [-0.39, 0.29) is 0 Å². The number of hydrogen-bond acceptors (Lipinski definition) is 7. The lowest BCUT2D eigenvalue weighted by Crippen LogP contribution is -2.36. The summed E-state index contributed by atoms with van der Waals surface area (Å²) in [6.07, 6.45) is 5.41. The van der Waals surface area contributed by atoms with Crippen LogP contribution in [0.4, 0.5) is 0 Å². The molecule has 2 rings (SSSR count). The van der Waals surface area contributed by atoms with Gasteiger partial charge in [0.15, 0.2) is 11.5 Å². The molecule has 37 heavy (non-hydrogen) atoms. The Hall–Kier alpha value is -2.62. The molecule has 1 fully saturated rings. The average molecular weight is 524 g/mol. The Bertz CT molecular complexity index is 825. The van der Waals surface area contributed by atoms with Crippen LogP contribution in [0.15, 0.2) is 30.4 Å². The minimum absolute atomic E-state index is 0.424. The molecule has 0 aliphatic heterocycles. The molecule has 0 spiro atoms. The quantitative estimate of drug-likeness (QED) is 0.271. The predicted octanol–water partition coefficient (Wildman–Crippen LogP) is 4.34. The standard InChI is InChI=1S/C24H41NO4.C4H4O4/c1-18(2)21-9-7-19(3)15-23(21)29-14-12-25(4)11-13-28-17-20-8-10-22(26-5)24(16-20)27-6;5-3(6)1-2-4(7)8/h8,10,16,18-19,21,23H,7,9,11-15,17H2,1-6H3;1-2H,(H,5,6)(H,7,8)/t19-,21+,23-;/m1./s1. The van der Waals surface area contributed by atoms with Crippen molar-refractivity contribution in [1.29, 1.82) is 0 Å². The highest BCUT2D eigenvalue weighted by molar-refractivity contribution is 5.89. The number of hydrogen-bond donors (Lipinski definition) is 2. The van der Waals surface area contributed by atoms with Crippen LogP contribution in [-0.4, -0.2) is 80.7 Å². The lowest BCUT2D eigenvalue weighted by atomic mass is 9.75. The first-order chi connectivity index (χ1) is 17.6. The monoisotopic (exact) mass is 523 g/mol. The topological polar surface area (TPSA) is 115 Å². The highest BCUT2D eigenvalue weighted by Crippen LogP contribution is 2.35. The molecule has 3 atom stereocenters. The number of aliphatic carboxylic acids is 2. The maximum Gasteiger partial charge on any atom is 0.328 e. The van der Waals surface area contributed by atoms with Gasteiger partial charge < -0.3 is 34.1 Å². The van der Waals surface area contributed by atoms with Crippen LogP contribution in [0, 0.1) is 17.8 Å². The third kappa shape index (κ3) is 13.5. The van der Waals surface area contributed by atoms with Crippen molar-refractivity contribution in [2.24, 2.45) is 17.8 Å². The van der Waals surface area contributed by atoms with Crippen LogP contribution in [-0.2, 0) is 25.7 Å². The summed E-state index contributed by atoms with van der Waals surface area (Å²) in [5.41, 5.74) is 1.08. The minimum atomic E-state index is -1.26. The summed E-state index contributed by atoms with van der Waals surface area (Å²) in [4.78, 5) is 21.4. The second kappa shape index (κ2) is 17.8. The maximum absolute atomic E-state index is 9.55. The van der Waals surface area contributed by atoms with Crippen molar-refractivity contribution in [3.63, 3.8) is 0 Å². The molecule has 1 aliphatic rings. The van der Waals surface area contributed by atoms with Gasteiger partial charge in [-0.15, -0.1) is 0 Å². The molecule has 0 saturated heterocycles. The van der Waals surface area contributed by atoms with Gasteiger partial charge in [0, 0.05) is 25.2 Å². The first-order valence-electron chi connectivity index (χ1n) is 12.8. The Morgan fingerprint density at radius 2 is 1.65 bits per heavy atom. The first kappa shape index (κ1) is 32.4. The molecule has 1 aromatic rings. The van der Waals surface area contributed by atoms with E-state index in [1.54, 1.807) is 14.2 Å². The SMILES string of the molecule is COc1ccc(COCCN(C)CCO[C@@H]2C[C@H](C)CC[C@H]2C(C)C)cc1OC.O=C(O)C=CC(=O)O. The Kier molecular flexibility index (Phi) is 15.6. The molecule has 0 heterocycles. The Balaban J connectivity index is 0.000000738. The van der Waals surface area contributed by atoms with Crippen LogP contribution in [0.1, 0.15) is 45.6 Å². The summed E-state index contributed by atoms with van der Waals surface area (Å²) in [5.74, 6) is 1.16. The van der Waals surface area contributed by atoms with Crippen molar-refractivity contribution in [2.45, 2.75) is 52.7 Å². The minimum Gasteiger partial charge on any atom is -0.493 e. The Morgan fingerprint density at radius 1 is 1.03 bits per heavy atom. The largest absolute Gasteiger partial charge is 0.493 e. The van der Waals surface area contributed by atoms with Crippen LogP contribution in [0.3, 0.4) is 0 Å². The van der Waals surface area contributed by atoms with Gasteiger partial charge in [-0.05, 0) is 55.3 Å². The zero-order chi connectivity index (χ0) is 27.8. The third-order valence-corrected chi connectivity index (χ3v) is 6.47. The van der Waals surface area contributed by atoms with Gasteiger partial charge in [-0.1, -0.05) is 33.3 Å². The highest BCUT2D eigenvalue weighted by Gasteiger charge is 2.31. The molecule has 0 bridgehead atoms. The zero-order valence-corrected chi connectivity index (χ0v) is 23.1. The molecule has 210 valence electrons. The third-order valence-electron chi connectivity index (χ3n) is 6.47. The Morgan fingerprint density at radius 3 is 2.22 bits per heavy atom.